The summed E-state index contributed by atoms with van der Waals surface area (Å²) in [7, 11) is -4.30. The predicted molar refractivity (Wildman–Crippen MR) is 46.0 cm³/mol. The molecule has 0 radical (unpaired) electrons. The van der Waals surface area contributed by atoms with Gasteiger partial charge in [0.15, 0.2) is 0 Å². The summed E-state index contributed by atoms with van der Waals surface area (Å²) in [6, 6.07) is 5.30. The van der Waals surface area contributed by atoms with Gasteiger partial charge in [-0.05, 0) is 18.2 Å². The van der Waals surface area contributed by atoms with Crippen LogP contribution in [-0.2, 0) is 10.1 Å². The number of nitriles is 1. The summed E-state index contributed by atoms with van der Waals surface area (Å²) in [5.74, 6) is 0. The normalized spacial score (nSPS) is 10.8. The minimum Gasteiger partial charge on any atom is -0.282 e. The predicted octanol–water partition coefficient (Wildman–Crippen LogP) is 1.46. The Hall–Kier alpha value is -1.09. The first-order chi connectivity index (χ1) is 5.95. The molecule has 4 nitrogen and oxygen atoms in total. The highest BCUT2D eigenvalue weighted by atomic mass is 35.5. The van der Waals surface area contributed by atoms with Gasteiger partial charge in [0.05, 0.1) is 16.7 Å². The van der Waals surface area contributed by atoms with Crippen molar-refractivity contribution in [1.82, 2.24) is 0 Å². The first kappa shape index (κ1) is 9.99. The maximum absolute atomic E-state index is 10.6. The second kappa shape index (κ2) is 3.34. The van der Waals surface area contributed by atoms with Gasteiger partial charge in [-0.3, -0.25) is 4.55 Å². The topological polar surface area (TPSA) is 78.2 Å². The second-order valence-electron chi connectivity index (χ2n) is 2.23. The molecule has 0 aliphatic rings. The fourth-order valence-electron chi connectivity index (χ4n) is 0.780. The van der Waals surface area contributed by atoms with Crippen molar-refractivity contribution in [3.05, 3.63) is 28.8 Å². The zero-order valence-electron chi connectivity index (χ0n) is 6.23. The number of hydrogen-bond acceptors (Lipinski definition) is 3. The molecular weight excluding hydrogens is 214 g/mol. The molecule has 0 aromatic heterocycles. The van der Waals surface area contributed by atoms with Crippen molar-refractivity contribution in [1.29, 1.82) is 5.26 Å². The van der Waals surface area contributed by atoms with Crippen LogP contribution in [-0.4, -0.2) is 13.0 Å². The lowest BCUT2D eigenvalue weighted by Crippen LogP contribution is -1.98. The highest BCUT2D eigenvalue weighted by Gasteiger charge is 2.14. The van der Waals surface area contributed by atoms with Gasteiger partial charge in [-0.15, -0.1) is 0 Å². The first-order valence-corrected chi connectivity index (χ1v) is 4.94. The van der Waals surface area contributed by atoms with Crippen LogP contribution in [0.25, 0.3) is 0 Å². The number of benzene rings is 1. The third-order valence-corrected chi connectivity index (χ3v) is 2.68. The molecule has 0 saturated heterocycles. The van der Waals surface area contributed by atoms with Crippen LogP contribution in [0.4, 0.5) is 0 Å². The number of hydrogen-bond donors (Lipinski definition) is 1. The second-order valence-corrected chi connectivity index (χ2v) is 4.03. The van der Waals surface area contributed by atoms with Crippen molar-refractivity contribution < 1.29 is 13.0 Å². The van der Waals surface area contributed by atoms with Crippen LogP contribution in [0.5, 0.6) is 0 Å². The Labute approximate surface area is 80.1 Å². The van der Waals surface area contributed by atoms with E-state index >= 15 is 0 Å². The Morgan fingerprint density at radius 2 is 2.08 bits per heavy atom. The Balaban J connectivity index is 3.40. The van der Waals surface area contributed by atoms with Crippen molar-refractivity contribution in [2.75, 3.05) is 0 Å². The van der Waals surface area contributed by atoms with E-state index in [-0.39, 0.29) is 10.6 Å². The van der Waals surface area contributed by atoms with Crippen molar-refractivity contribution in [2.24, 2.45) is 0 Å². The first-order valence-electron chi connectivity index (χ1n) is 3.12. The molecule has 0 saturated carbocycles. The monoisotopic (exact) mass is 217 g/mol. The largest absolute Gasteiger partial charge is 0.296 e. The number of rotatable bonds is 1. The van der Waals surface area contributed by atoms with E-state index in [2.05, 4.69) is 0 Å². The SMILES string of the molecule is N#Cc1ccc(S(=O)(=O)O)c(Cl)c1. The Morgan fingerprint density at radius 3 is 2.46 bits per heavy atom. The maximum atomic E-state index is 10.6. The summed E-state index contributed by atoms with van der Waals surface area (Å²) in [4.78, 5) is -0.395. The minimum atomic E-state index is -4.30. The molecule has 0 fully saturated rings. The summed E-state index contributed by atoms with van der Waals surface area (Å²) < 4.78 is 29.9. The van der Waals surface area contributed by atoms with Gasteiger partial charge in [-0.25, -0.2) is 0 Å². The van der Waals surface area contributed by atoms with E-state index in [0.717, 1.165) is 6.07 Å². The summed E-state index contributed by atoms with van der Waals surface area (Å²) in [6.07, 6.45) is 0. The fraction of sp³-hybridized carbons (Fsp3) is 0. The van der Waals surface area contributed by atoms with Gasteiger partial charge in [0.25, 0.3) is 10.1 Å². The summed E-state index contributed by atoms with van der Waals surface area (Å²) in [5.41, 5.74) is 0.234. The molecule has 0 heterocycles. The summed E-state index contributed by atoms with van der Waals surface area (Å²) in [5, 5.41) is 8.27. The molecule has 1 aromatic rings. The molecule has 1 aromatic carbocycles. The third kappa shape index (κ3) is 2.18. The van der Waals surface area contributed by atoms with Crippen molar-refractivity contribution >= 4 is 21.7 Å². The van der Waals surface area contributed by atoms with Gasteiger partial charge in [-0.2, -0.15) is 13.7 Å². The summed E-state index contributed by atoms with van der Waals surface area (Å²) in [6.45, 7) is 0. The maximum Gasteiger partial charge on any atom is 0.296 e. The molecule has 68 valence electrons. The van der Waals surface area contributed by atoms with Crippen LogP contribution < -0.4 is 0 Å². The van der Waals surface area contributed by atoms with Crippen molar-refractivity contribution in [2.45, 2.75) is 4.90 Å². The molecule has 6 heteroatoms. The van der Waals surface area contributed by atoms with Gasteiger partial charge in [-0.1, -0.05) is 11.6 Å². The highest BCUT2D eigenvalue weighted by Crippen LogP contribution is 2.21. The van der Waals surface area contributed by atoms with Crippen molar-refractivity contribution in [3.63, 3.8) is 0 Å². The average Bonchev–Trinajstić information content (AvgIpc) is 2.01. The van der Waals surface area contributed by atoms with E-state index in [9.17, 15) is 8.42 Å². The van der Waals surface area contributed by atoms with E-state index in [4.69, 9.17) is 21.4 Å². The van der Waals surface area contributed by atoms with E-state index in [0.29, 0.717) is 0 Å². The minimum absolute atomic E-state index is 0.165. The molecule has 0 amide bonds. The molecule has 0 aliphatic heterocycles. The average molecular weight is 218 g/mol. The lowest BCUT2D eigenvalue weighted by molar-refractivity contribution is 0.483. The zero-order valence-corrected chi connectivity index (χ0v) is 7.80. The van der Waals surface area contributed by atoms with E-state index in [1.165, 1.54) is 12.1 Å². The molecule has 0 aliphatic carbocycles. The molecular formula is C7H4ClNO3S. The molecule has 0 spiro atoms. The standard InChI is InChI=1S/C7H4ClNO3S/c8-6-3-5(4-9)1-2-7(6)13(10,11)12/h1-3H,(H,10,11,12). The number of halogens is 1. The van der Waals surface area contributed by atoms with Crippen LogP contribution in [0.1, 0.15) is 5.56 Å². The van der Waals surface area contributed by atoms with Gasteiger partial charge in [0, 0.05) is 0 Å². The van der Waals surface area contributed by atoms with Crippen LogP contribution in [0.2, 0.25) is 5.02 Å². The van der Waals surface area contributed by atoms with Gasteiger partial charge in [0.1, 0.15) is 4.90 Å². The highest BCUT2D eigenvalue weighted by molar-refractivity contribution is 7.86. The van der Waals surface area contributed by atoms with E-state index < -0.39 is 15.0 Å². The zero-order chi connectivity index (χ0) is 10.1. The van der Waals surface area contributed by atoms with Crippen LogP contribution in [0.3, 0.4) is 0 Å². The van der Waals surface area contributed by atoms with Gasteiger partial charge >= 0.3 is 0 Å². The lowest BCUT2D eigenvalue weighted by Gasteiger charge is -1.99. The van der Waals surface area contributed by atoms with E-state index in [1.807, 2.05) is 0 Å². The Bertz CT molecular complexity index is 475. The van der Waals surface area contributed by atoms with Crippen LogP contribution in [0, 0.1) is 11.3 Å². The smallest absolute Gasteiger partial charge is 0.282 e. The van der Waals surface area contributed by atoms with Crippen molar-refractivity contribution in [3.8, 4) is 6.07 Å². The Morgan fingerprint density at radius 1 is 1.46 bits per heavy atom. The molecule has 1 rings (SSSR count). The summed E-state index contributed by atoms with van der Waals surface area (Å²) >= 11 is 5.50. The Kier molecular flexibility index (Phi) is 2.57. The third-order valence-electron chi connectivity index (χ3n) is 1.34. The molecule has 0 atom stereocenters. The van der Waals surface area contributed by atoms with Crippen LogP contribution >= 0.6 is 11.6 Å². The molecule has 1 N–H and O–H groups in total. The quantitative estimate of drug-likeness (QED) is 0.723. The number of nitrogens with zero attached hydrogens (tertiary/aromatic N) is 1. The van der Waals surface area contributed by atoms with E-state index in [1.54, 1.807) is 6.07 Å². The van der Waals surface area contributed by atoms with Gasteiger partial charge in [0.2, 0.25) is 0 Å². The fourth-order valence-corrected chi connectivity index (χ4v) is 1.80. The molecule has 13 heavy (non-hydrogen) atoms. The molecule has 0 bridgehead atoms. The molecule has 0 unspecified atom stereocenters. The lowest BCUT2D eigenvalue weighted by atomic mass is 10.2. The van der Waals surface area contributed by atoms with Gasteiger partial charge < -0.3 is 0 Å². The van der Waals surface area contributed by atoms with Crippen LogP contribution in [0.15, 0.2) is 23.1 Å².